The number of halogens is 2. The van der Waals surface area contributed by atoms with Crippen molar-refractivity contribution >= 4 is 34.7 Å². The maximum absolute atomic E-state index is 12.5. The minimum absolute atomic E-state index is 0.0221. The second kappa shape index (κ2) is 6.10. The van der Waals surface area contributed by atoms with E-state index in [0.717, 1.165) is 5.52 Å². The molecule has 0 aliphatic rings. The van der Waals surface area contributed by atoms with Gasteiger partial charge < -0.3 is 4.98 Å². The fraction of sp³-hybridized carbons (Fsp3) is 0.0714. The SMILES string of the molecule is O=C(Nc1nc2ccccc2[nH]1)c1cccnc1SC(F)F. The van der Waals surface area contributed by atoms with Crippen LogP contribution in [-0.2, 0) is 0 Å². The summed E-state index contributed by atoms with van der Waals surface area (Å²) in [6.45, 7) is 0. The van der Waals surface area contributed by atoms with Gasteiger partial charge in [-0.2, -0.15) is 8.78 Å². The Morgan fingerprint density at radius 2 is 2.05 bits per heavy atom. The summed E-state index contributed by atoms with van der Waals surface area (Å²) >= 11 is 0.233. The van der Waals surface area contributed by atoms with Crippen LogP contribution < -0.4 is 5.32 Å². The van der Waals surface area contributed by atoms with Crippen molar-refractivity contribution < 1.29 is 13.6 Å². The van der Waals surface area contributed by atoms with E-state index < -0.39 is 11.7 Å². The Bertz CT molecular complexity index is 788. The number of rotatable bonds is 4. The van der Waals surface area contributed by atoms with E-state index in [1.165, 1.54) is 18.3 Å². The number of amides is 1. The van der Waals surface area contributed by atoms with Crippen molar-refractivity contribution in [3.8, 4) is 0 Å². The van der Waals surface area contributed by atoms with Crippen LogP contribution in [0.25, 0.3) is 11.0 Å². The van der Waals surface area contributed by atoms with Gasteiger partial charge in [-0.05, 0) is 36.0 Å². The van der Waals surface area contributed by atoms with Crippen LogP contribution in [0.2, 0.25) is 0 Å². The predicted molar refractivity (Wildman–Crippen MR) is 80.1 cm³/mol. The Morgan fingerprint density at radius 3 is 2.82 bits per heavy atom. The molecule has 2 heterocycles. The summed E-state index contributed by atoms with van der Waals surface area (Å²) in [7, 11) is 0. The van der Waals surface area contributed by atoms with Crippen LogP contribution >= 0.6 is 11.8 Å². The van der Waals surface area contributed by atoms with Crippen molar-refractivity contribution in [2.75, 3.05) is 5.32 Å². The molecule has 1 aromatic carbocycles. The average molecular weight is 320 g/mol. The highest BCUT2D eigenvalue weighted by atomic mass is 32.2. The molecule has 112 valence electrons. The molecule has 0 radical (unpaired) electrons. The van der Waals surface area contributed by atoms with E-state index in [-0.39, 0.29) is 28.3 Å². The molecule has 0 bridgehead atoms. The van der Waals surface area contributed by atoms with Crippen molar-refractivity contribution in [1.82, 2.24) is 15.0 Å². The number of nitrogens with one attached hydrogen (secondary N) is 2. The molecule has 0 saturated heterocycles. The Labute approximate surface area is 128 Å². The molecule has 8 heteroatoms. The first-order valence-corrected chi connectivity index (χ1v) is 7.17. The van der Waals surface area contributed by atoms with Gasteiger partial charge in [0.05, 0.1) is 16.6 Å². The van der Waals surface area contributed by atoms with E-state index in [4.69, 9.17) is 0 Å². The minimum atomic E-state index is -2.65. The number of aromatic amines is 1. The van der Waals surface area contributed by atoms with E-state index in [1.54, 1.807) is 6.07 Å². The summed E-state index contributed by atoms with van der Waals surface area (Å²) in [6.07, 6.45) is 1.36. The van der Waals surface area contributed by atoms with Gasteiger partial charge in [0.2, 0.25) is 5.95 Å². The van der Waals surface area contributed by atoms with Gasteiger partial charge in [-0.15, -0.1) is 0 Å². The molecule has 1 amide bonds. The number of benzene rings is 1. The van der Waals surface area contributed by atoms with Gasteiger partial charge in [0.15, 0.2) is 0 Å². The molecule has 22 heavy (non-hydrogen) atoms. The Kier molecular flexibility index (Phi) is 4.01. The largest absolute Gasteiger partial charge is 0.324 e. The molecular weight excluding hydrogens is 310 g/mol. The summed E-state index contributed by atoms with van der Waals surface area (Å²) in [5.41, 5.74) is 1.55. The maximum Gasteiger partial charge on any atom is 0.290 e. The highest BCUT2D eigenvalue weighted by Gasteiger charge is 2.17. The first kappa shape index (κ1) is 14.5. The van der Waals surface area contributed by atoms with E-state index in [2.05, 4.69) is 20.3 Å². The molecule has 0 unspecified atom stereocenters. The molecule has 0 aliphatic carbocycles. The Hall–Kier alpha value is -2.48. The van der Waals surface area contributed by atoms with Gasteiger partial charge in [0, 0.05) is 6.20 Å². The molecule has 0 saturated carbocycles. The number of para-hydroxylation sites is 2. The molecule has 0 spiro atoms. The lowest BCUT2D eigenvalue weighted by molar-refractivity contribution is 0.102. The number of pyridine rings is 1. The van der Waals surface area contributed by atoms with Crippen molar-refractivity contribution in [1.29, 1.82) is 0 Å². The number of hydrogen-bond acceptors (Lipinski definition) is 4. The average Bonchev–Trinajstić information content (AvgIpc) is 2.89. The minimum Gasteiger partial charge on any atom is -0.324 e. The van der Waals surface area contributed by atoms with Crippen LogP contribution in [0.5, 0.6) is 0 Å². The fourth-order valence-electron chi connectivity index (χ4n) is 1.93. The van der Waals surface area contributed by atoms with Crippen molar-refractivity contribution in [3.05, 3.63) is 48.2 Å². The third-order valence-electron chi connectivity index (χ3n) is 2.84. The number of thioether (sulfide) groups is 1. The second-order valence-corrected chi connectivity index (χ2v) is 5.27. The first-order chi connectivity index (χ1) is 10.6. The monoisotopic (exact) mass is 320 g/mol. The van der Waals surface area contributed by atoms with Crippen molar-refractivity contribution in [2.24, 2.45) is 0 Å². The van der Waals surface area contributed by atoms with Crippen LogP contribution in [0.1, 0.15) is 10.4 Å². The molecule has 0 aliphatic heterocycles. The smallest absolute Gasteiger partial charge is 0.290 e. The number of anilines is 1. The van der Waals surface area contributed by atoms with Gasteiger partial charge >= 0.3 is 0 Å². The van der Waals surface area contributed by atoms with Crippen LogP contribution in [0.4, 0.5) is 14.7 Å². The molecule has 0 atom stereocenters. The summed E-state index contributed by atoms with van der Waals surface area (Å²) in [5.74, 6) is -2.94. The highest BCUT2D eigenvalue weighted by Crippen LogP contribution is 2.26. The third-order valence-corrected chi connectivity index (χ3v) is 3.56. The zero-order chi connectivity index (χ0) is 15.5. The number of fused-ring (bicyclic) bond motifs is 1. The quantitative estimate of drug-likeness (QED) is 0.722. The summed E-state index contributed by atoms with van der Waals surface area (Å²) < 4.78 is 25.0. The lowest BCUT2D eigenvalue weighted by Crippen LogP contribution is -2.14. The van der Waals surface area contributed by atoms with E-state index in [0.29, 0.717) is 5.52 Å². The normalized spacial score (nSPS) is 11.0. The number of carbonyl (C=O) groups is 1. The molecule has 2 N–H and O–H groups in total. The topological polar surface area (TPSA) is 70.7 Å². The highest BCUT2D eigenvalue weighted by molar-refractivity contribution is 7.99. The summed E-state index contributed by atoms with van der Waals surface area (Å²) in [6, 6.07) is 10.2. The van der Waals surface area contributed by atoms with Gasteiger partial charge in [-0.3, -0.25) is 10.1 Å². The molecular formula is C14H10F2N4OS. The predicted octanol–water partition coefficient (Wildman–Crippen LogP) is 3.52. The van der Waals surface area contributed by atoms with Crippen LogP contribution in [0, 0.1) is 0 Å². The zero-order valence-corrected chi connectivity index (χ0v) is 11.9. The first-order valence-electron chi connectivity index (χ1n) is 6.29. The lowest BCUT2D eigenvalue weighted by Gasteiger charge is -2.06. The molecule has 3 rings (SSSR count). The van der Waals surface area contributed by atoms with E-state index in [9.17, 15) is 13.6 Å². The van der Waals surface area contributed by atoms with Crippen molar-refractivity contribution in [3.63, 3.8) is 0 Å². The van der Waals surface area contributed by atoms with Gasteiger partial charge in [0.25, 0.3) is 11.7 Å². The number of alkyl halides is 2. The number of aromatic nitrogens is 3. The van der Waals surface area contributed by atoms with Crippen LogP contribution in [0.3, 0.4) is 0 Å². The summed E-state index contributed by atoms with van der Waals surface area (Å²) in [4.78, 5) is 23.2. The number of nitrogens with zero attached hydrogens (tertiary/aromatic N) is 2. The Balaban J connectivity index is 1.85. The third kappa shape index (κ3) is 3.06. The van der Waals surface area contributed by atoms with Gasteiger partial charge in [-0.1, -0.05) is 12.1 Å². The van der Waals surface area contributed by atoms with Gasteiger partial charge in [0.1, 0.15) is 5.03 Å². The number of H-pyrrole nitrogens is 1. The number of hydrogen-bond donors (Lipinski definition) is 2. The van der Waals surface area contributed by atoms with E-state index in [1.807, 2.05) is 18.2 Å². The summed E-state index contributed by atoms with van der Waals surface area (Å²) in [5, 5.41) is 2.54. The van der Waals surface area contributed by atoms with Crippen molar-refractivity contribution in [2.45, 2.75) is 10.8 Å². The van der Waals surface area contributed by atoms with Gasteiger partial charge in [-0.25, -0.2) is 9.97 Å². The lowest BCUT2D eigenvalue weighted by atomic mass is 10.3. The molecule has 3 aromatic rings. The van der Waals surface area contributed by atoms with Crippen LogP contribution in [0.15, 0.2) is 47.6 Å². The maximum atomic E-state index is 12.5. The van der Waals surface area contributed by atoms with Crippen LogP contribution in [-0.4, -0.2) is 26.6 Å². The molecule has 0 fully saturated rings. The molecule has 5 nitrogen and oxygen atoms in total. The number of imidazole rings is 1. The fourth-order valence-corrected chi connectivity index (χ4v) is 2.51. The van der Waals surface area contributed by atoms with E-state index >= 15 is 0 Å². The Morgan fingerprint density at radius 1 is 1.23 bits per heavy atom. The standard InChI is InChI=1S/C14H10F2N4OS/c15-13(16)22-12-8(4-3-7-17-12)11(21)20-14-18-9-5-1-2-6-10(9)19-14/h1-7,13H,(H2,18,19,20,21). The zero-order valence-electron chi connectivity index (χ0n) is 11.1. The molecule has 2 aromatic heterocycles. The number of carbonyl (C=O) groups excluding carboxylic acids is 1. The second-order valence-electron chi connectivity index (χ2n) is 4.29.